The van der Waals surface area contributed by atoms with E-state index in [4.69, 9.17) is 24.7 Å². The van der Waals surface area contributed by atoms with Crippen molar-refractivity contribution in [2.75, 3.05) is 20.8 Å². The van der Waals surface area contributed by atoms with Crippen molar-refractivity contribution in [2.45, 2.75) is 19.4 Å². The van der Waals surface area contributed by atoms with Gasteiger partial charge in [-0.2, -0.15) is 0 Å². The lowest BCUT2D eigenvalue weighted by atomic mass is 10.5. The number of allylic oxidation sites excluding steroid dienone is 1. The van der Waals surface area contributed by atoms with Crippen LogP contribution in [0.15, 0.2) is 12.2 Å². The van der Waals surface area contributed by atoms with Crippen LogP contribution in [0.25, 0.3) is 0 Å². The number of carbonyl (C=O) groups excluding carboxylic acids is 1. The average Bonchev–Trinajstić information content (AvgIpc) is 2.24. The van der Waals surface area contributed by atoms with Gasteiger partial charge in [-0.1, -0.05) is 17.2 Å². The van der Waals surface area contributed by atoms with Gasteiger partial charge in [0.1, 0.15) is 0 Å². The first kappa shape index (κ1) is 14.6. The molecule has 0 aliphatic carbocycles. The molecular formula is C9H17ClO4Si. The van der Waals surface area contributed by atoms with E-state index >= 15 is 0 Å². The Kier molecular flexibility index (Phi) is 7.68. The van der Waals surface area contributed by atoms with E-state index in [1.807, 2.05) is 0 Å². The molecule has 0 atom stereocenters. The van der Waals surface area contributed by atoms with Crippen molar-refractivity contribution in [1.29, 1.82) is 0 Å². The lowest BCUT2D eigenvalue weighted by Gasteiger charge is -2.18. The van der Waals surface area contributed by atoms with Gasteiger partial charge < -0.3 is 13.6 Å². The van der Waals surface area contributed by atoms with Crippen molar-refractivity contribution < 1.29 is 18.4 Å². The third-order valence-electron chi connectivity index (χ3n) is 1.78. The molecule has 15 heavy (non-hydrogen) atoms. The molecule has 0 rings (SSSR count). The van der Waals surface area contributed by atoms with Gasteiger partial charge in [0.2, 0.25) is 0 Å². The zero-order chi connectivity index (χ0) is 11.7. The number of esters is 1. The van der Waals surface area contributed by atoms with Crippen LogP contribution >= 0.6 is 11.1 Å². The molecule has 0 aromatic heterocycles. The summed E-state index contributed by atoms with van der Waals surface area (Å²) in [5.74, 6) is -0.339. The molecule has 0 radical (unpaired) electrons. The van der Waals surface area contributed by atoms with E-state index in [0.717, 1.165) is 0 Å². The van der Waals surface area contributed by atoms with Crippen molar-refractivity contribution in [2.24, 2.45) is 0 Å². The largest absolute Gasteiger partial charge is 0.463 e. The topological polar surface area (TPSA) is 44.8 Å². The summed E-state index contributed by atoms with van der Waals surface area (Å²) in [6.45, 7) is 2.09. The Morgan fingerprint density at radius 2 is 2.00 bits per heavy atom. The first-order valence-electron chi connectivity index (χ1n) is 4.66. The maximum absolute atomic E-state index is 10.9. The second-order valence-corrected chi connectivity index (χ2v) is 7.20. The number of ether oxygens (including phenoxy) is 1. The summed E-state index contributed by atoms with van der Waals surface area (Å²) in [6.07, 6.45) is 3.64. The number of carbonyl (C=O) groups is 1. The third-order valence-corrected chi connectivity index (χ3v) is 5.44. The minimum Gasteiger partial charge on any atom is -0.463 e. The first-order valence-corrected chi connectivity index (χ1v) is 7.70. The third kappa shape index (κ3) is 6.67. The lowest BCUT2D eigenvalue weighted by molar-refractivity contribution is -0.137. The maximum atomic E-state index is 10.9. The number of rotatable bonds is 7. The number of halogens is 1. The quantitative estimate of drug-likeness (QED) is 0.228. The molecule has 88 valence electrons. The van der Waals surface area contributed by atoms with Crippen LogP contribution < -0.4 is 0 Å². The highest BCUT2D eigenvalue weighted by Gasteiger charge is 2.32. The Morgan fingerprint density at radius 3 is 2.47 bits per heavy atom. The fourth-order valence-corrected chi connectivity index (χ4v) is 2.47. The van der Waals surface area contributed by atoms with Gasteiger partial charge in [0.15, 0.2) is 0 Å². The Morgan fingerprint density at radius 1 is 1.40 bits per heavy atom. The summed E-state index contributed by atoms with van der Waals surface area (Å²) in [7, 11) is 0.520. The van der Waals surface area contributed by atoms with Crippen molar-refractivity contribution in [1.82, 2.24) is 0 Å². The van der Waals surface area contributed by atoms with E-state index in [1.54, 1.807) is 13.0 Å². The zero-order valence-electron chi connectivity index (χ0n) is 9.29. The molecule has 4 nitrogen and oxygen atoms in total. The fourth-order valence-electron chi connectivity index (χ4n) is 0.928. The van der Waals surface area contributed by atoms with Crippen LogP contribution in [0.3, 0.4) is 0 Å². The fraction of sp³-hybridized carbons (Fsp3) is 0.667. The molecule has 0 unspecified atom stereocenters. The number of hydrogen-bond donors (Lipinski definition) is 0. The zero-order valence-corrected chi connectivity index (χ0v) is 11.0. The maximum Gasteiger partial charge on any atom is 0.442 e. The first-order chi connectivity index (χ1) is 7.08. The smallest absolute Gasteiger partial charge is 0.442 e. The van der Waals surface area contributed by atoms with Crippen LogP contribution in [-0.2, 0) is 18.4 Å². The van der Waals surface area contributed by atoms with E-state index in [1.165, 1.54) is 20.3 Å². The van der Waals surface area contributed by atoms with E-state index in [0.29, 0.717) is 19.1 Å². The van der Waals surface area contributed by atoms with Gasteiger partial charge in [-0.05, 0) is 13.3 Å². The van der Waals surface area contributed by atoms with E-state index in [9.17, 15) is 4.79 Å². The predicted molar refractivity (Wildman–Crippen MR) is 60.8 cm³/mol. The van der Waals surface area contributed by atoms with Crippen molar-refractivity contribution in [3.05, 3.63) is 12.2 Å². The summed E-state index contributed by atoms with van der Waals surface area (Å²) >= 11 is 6.02. The van der Waals surface area contributed by atoms with Crippen LogP contribution in [0.5, 0.6) is 0 Å². The molecule has 0 aromatic rings. The van der Waals surface area contributed by atoms with E-state index in [-0.39, 0.29) is 5.97 Å². The minimum atomic E-state index is -2.52. The van der Waals surface area contributed by atoms with Gasteiger partial charge >= 0.3 is 13.8 Å². The molecule has 0 spiro atoms. The Hall–Kier alpha value is -0.363. The van der Waals surface area contributed by atoms with Crippen LogP contribution in [0, 0.1) is 0 Å². The average molecular weight is 253 g/mol. The van der Waals surface area contributed by atoms with Crippen molar-refractivity contribution >= 4 is 24.9 Å². The van der Waals surface area contributed by atoms with Crippen LogP contribution in [0.2, 0.25) is 6.04 Å². The second kappa shape index (κ2) is 7.87. The van der Waals surface area contributed by atoms with Crippen LogP contribution in [-0.4, -0.2) is 34.7 Å². The summed E-state index contributed by atoms with van der Waals surface area (Å²) < 4.78 is 15.0. The van der Waals surface area contributed by atoms with Crippen molar-refractivity contribution in [3.8, 4) is 0 Å². The monoisotopic (exact) mass is 252 g/mol. The van der Waals surface area contributed by atoms with Gasteiger partial charge in [-0.15, -0.1) is 0 Å². The standard InChI is InChI=1S/C9H17ClO4Si/c1-4-6-9(11)14-7-5-8-15(10,12-2)13-3/h4,6H,5,7-8H2,1-3H3. The van der Waals surface area contributed by atoms with Gasteiger partial charge in [-0.25, -0.2) is 4.79 Å². The van der Waals surface area contributed by atoms with Crippen LogP contribution in [0.1, 0.15) is 13.3 Å². The van der Waals surface area contributed by atoms with E-state index in [2.05, 4.69) is 0 Å². The Balaban J connectivity index is 3.66. The molecule has 0 saturated heterocycles. The second-order valence-electron chi connectivity index (χ2n) is 2.84. The van der Waals surface area contributed by atoms with E-state index < -0.39 is 7.87 Å². The molecule has 6 heteroatoms. The summed E-state index contributed by atoms with van der Waals surface area (Å²) in [4.78, 5) is 10.9. The SMILES string of the molecule is CC=CC(=O)OCCC[Si](Cl)(OC)OC. The summed E-state index contributed by atoms with van der Waals surface area (Å²) in [5.41, 5.74) is 0. The normalized spacial score (nSPS) is 12.0. The molecule has 0 bridgehead atoms. The predicted octanol–water partition coefficient (Wildman–Crippen LogP) is 1.97. The molecule has 0 N–H and O–H groups in total. The molecule has 0 fully saturated rings. The summed E-state index contributed by atoms with van der Waals surface area (Å²) in [5, 5.41) is 0. The Labute approximate surface area is 96.1 Å². The molecule has 0 aliphatic heterocycles. The van der Waals surface area contributed by atoms with Gasteiger partial charge in [-0.3, -0.25) is 0 Å². The highest BCUT2D eigenvalue weighted by molar-refractivity contribution is 7.12. The molecule has 0 saturated carbocycles. The van der Waals surface area contributed by atoms with Crippen LogP contribution in [0.4, 0.5) is 0 Å². The van der Waals surface area contributed by atoms with Crippen molar-refractivity contribution in [3.63, 3.8) is 0 Å². The summed E-state index contributed by atoms with van der Waals surface area (Å²) in [6, 6.07) is 0.588. The van der Waals surface area contributed by atoms with Gasteiger partial charge in [0.25, 0.3) is 0 Å². The highest BCUT2D eigenvalue weighted by atomic mass is 35.6. The molecule has 0 heterocycles. The van der Waals surface area contributed by atoms with Gasteiger partial charge in [0, 0.05) is 26.3 Å². The minimum absolute atomic E-state index is 0.331. The molecule has 0 aliphatic rings. The molecule has 0 amide bonds. The number of hydrogen-bond acceptors (Lipinski definition) is 4. The lowest BCUT2D eigenvalue weighted by Crippen LogP contribution is -2.33. The molecular weight excluding hydrogens is 236 g/mol. The Bertz CT molecular complexity index is 216. The van der Waals surface area contributed by atoms with Gasteiger partial charge in [0.05, 0.1) is 6.61 Å². The molecule has 0 aromatic carbocycles. The highest BCUT2D eigenvalue weighted by Crippen LogP contribution is 2.18.